The molecule has 0 saturated carbocycles. The van der Waals surface area contributed by atoms with E-state index in [-0.39, 0.29) is 17.2 Å². The van der Waals surface area contributed by atoms with E-state index in [2.05, 4.69) is 43.8 Å². The predicted octanol–water partition coefficient (Wildman–Crippen LogP) is 4.32. The van der Waals surface area contributed by atoms with Crippen molar-refractivity contribution in [2.24, 2.45) is 0 Å². The molecule has 0 aliphatic heterocycles. The van der Waals surface area contributed by atoms with Crippen molar-refractivity contribution in [3.8, 4) is 5.75 Å². The van der Waals surface area contributed by atoms with Gasteiger partial charge in [-0.05, 0) is 71.5 Å². The first-order valence-corrected chi connectivity index (χ1v) is 7.40. The number of amides is 1. The molecule has 0 fully saturated rings. The molecule has 0 spiro atoms. The molecule has 0 atom stereocenters. The Morgan fingerprint density at radius 1 is 1.26 bits per heavy atom. The second-order valence-electron chi connectivity index (χ2n) is 4.07. The van der Waals surface area contributed by atoms with Crippen LogP contribution in [0.25, 0.3) is 0 Å². The summed E-state index contributed by atoms with van der Waals surface area (Å²) in [4.78, 5) is 12.1. The molecule has 0 saturated heterocycles. The van der Waals surface area contributed by atoms with Crippen molar-refractivity contribution in [2.45, 2.75) is 6.92 Å². The average Bonchev–Trinajstić information content (AvgIpc) is 2.35. The van der Waals surface area contributed by atoms with Gasteiger partial charge in [0.2, 0.25) is 0 Å². The number of carbonyl (C=O) groups excluding carboxylic acids is 1. The van der Waals surface area contributed by atoms with Gasteiger partial charge in [-0.3, -0.25) is 4.79 Å². The van der Waals surface area contributed by atoms with Gasteiger partial charge in [-0.25, -0.2) is 0 Å². The zero-order valence-electron chi connectivity index (χ0n) is 10.1. The Kier molecular flexibility index (Phi) is 4.46. The fourth-order valence-corrected chi connectivity index (χ4v) is 2.66. The summed E-state index contributed by atoms with van der Waals surface area (Å²) >= 11 is 5.50. The molecule has 0 aromatic heterocycles. The second-order valence-corrected chi connectivity index (χ2v) is 6.24. The number of rotatable bonds is 2. The molecule has 0 aliphatic rings. The number of hydrogen-bond acceptors (Lipinski definition) is 2. The van der Waals surface area contributed by atoms with E-state index in [1.165, 1.54) is 6.07 Å². The lowest BCUT2D eigenvalue weighted by atomic mass is 10.1. The Labute approximate surface area is 133 Å². The largest absolute Gasteiger partial charge is 0.507 e. The zero-order chi connectivity index (χ0) is 14.0. The van der Waals surface area contributed by atoms with Crippen LogP contribution in [0.3, 0.4) is 0 Å². The summed E-state index contributed by atoms with van der Waals surface area (Å²) in [6, 6.07) is 10.5. The van der Waals surface area contributed by atoms with Gasteiger partial charge >= 0.3 is 0 Å². The number of aromatic hydroxyl groups is 1. The molecule has 0 aliphatic carbocycles. The molecule has 19 heavy (non-hydrogen) atoms. The SMILES string of the molecule is Cc1cc(I)ccc1NC(=O)c1cc(Br)ccc1O. The standard InChI is InChI=1S/C14H11BrINO2/c1-8-6-10(16)3-4-12(8)17-14(19)11-7-9(15)2-5-13(11)18/h2-7,18H,1H3,(H,17,19). The number of phenols is 1. The van der Waals surface area contributed by atoms with Crippen molar-refractivity contribution in [1.82, 2.24) is 0 Å². The van der Waals surface area contributed by atoms with E-state index in [0.717, 1.165) is 19.3 Å². The highest BCUT2D eigenvalue weighted by Crippen LogP contribution is 2.24. The molecule has 2 N–H and O–H groups in total. The summed E-state index contributed by atoms with van der Waals surface area (Å²) in [7, 11) is 0. The Bertz CT molecular complexity index is 643. The van der Waals surface area contributed by atoms with Crippen LogP contribution >= 0.6 is 38.5 Å². The molecule has 2 aromatic rings. The third-order valence-electron chi connectivity index (χ3n) is 2.64. The summed E-state index contributed by atoms with van der Waals surface area (Å²) in [5, 5.41) is 12.5. The summed E-state index contributed by atoms with van der Waals surface area (Å²) in [6.45, 7) is 1.93. The maximum absolute atomic E-state index is 12.1. The highest BCUT2D eigenvalue weighted by atomic mass is 127. The van der Waals surface area contributed by atoms with Crippen LogP contribution in [0.5, 0.6) is 5.75 Å². The zero-order valence-corrected chi connectivity index (χ0v) is 13.8. The first kappa shape index (κ1) is 14.3. The Balaban J connectivity index is 2.28. The highest BCUT2D eigenvalue weighted by molar-refractivity contribution is 14.1. The topological polar surface area (TPSA) is 49.3 Å². The van der Waals surface area contributed by atoms with Crippen molar-refractivity contribution in [1.29, 1.82) is 0 Å². The molecule has 3 nitrogen and oxygen atoms in total. The maximum atomic E-state index is 12.1. The molecule has 0 unspecified atom stereocenters. The summed E-state index contributed by atoms with van der Waals surface area (Å²) in [5.41, 5.74) is 1.96. The number of phenolic OH excluding ortho intramolecular Hbond substituents is 1. The van der Waals surface area contributed by atoms with Crippen molar-refractivity contribution in [2.75, 3.05) is 5.32 Å². The van der Waals surface area contributed by atoms with Crippen molar-refractivity contribution in [3.63, 3.8) is 0 Å². The Hall–Kier alpha value is -1.08. The molecule has 0 heterocycles. The minimum Gasteiger partial charge on any atom is -0.507 e. The van der Waals surface area contributed by atoms with Gasteiger partial charge in [0.1, 0.15) is 5.75 Å². The van der Waals surface area contributed by atoms with E-state index in [9.17, 15) is 9.90 Å². The van der Waals surface area contributed by atoms with Crippen LogP contribution in [0.2, 0.25) is 0 Å². The van der Waals surface area contributed by atoms with Gasteiger partial charge in [0.15, 0.2) is 0 Å². The summed E-state index contributed by atoms with van der Waals surface area (Å²) < 4.78 is 1.85. The number of nitrogens with one attached hydrogen (secondary N) is 1. The normalized spacial score (nSPS) is 10.3. The monoisotopic (exact) mass is 431 g/mol. The van der Waals surface area contributed by atoms with E-state index in [1.807, 2.05) is 25.1 Å². The minimum atomic E-state index is -0.330. The van der Waals surface area contributed by atoms with Crippen molar-refractivity contribution >= 4 is 50.1 Å². The van der Waals surface area contributed by atoms with Gasteiger partial charge in [-0.1, -0.05) is 15.9 Å². The number of halogens is 2. The molecule has 98 valence electrons. The smallest absolute Gasteiger partial charge is 0.259 e. The van der Waals surface area contributed by atoms with Crippen molar-refractivity contribution in [3.05, 3.63) is 55.6 Å². The molecule has 0 radical (unpaired) electrons. The number of anilines is 1. The van der Waals surface area contributed by atoms with Crippen LogP contribution in [-0.2, 0) is 0 Å². The number of benzene rings is 2. The summed E-state index contributed by atoms with van der Waals surface area (Å²) in [6.07, 6.45) is 0. The third-order valence-corrected chi connectivity index (χ3v) is 3.80. The molecular weight excluding hydrogens is 421 g/mol. The van der Waals surface area contributed by atoms with Crippen molar-refractivity contribution < 1.29 is 9.90 Å². The van der Waals surface area contributed by atoms with Gasteiger partial charge in [-0.2, -0.15) is 0 Å². The van der Waals surface area contributed by atoms with Gasteiger partial charge in [0.25, 0.3) is 5.91 Å². The van der Waals surface area contributed by atoms with Gasteiger partial charge < -0.3 is 10.4 Å². The third kappa shape index (κ3) is 3.48. The van der Waals surface area contributed by atoms with Crippen LogP contribution < -0.4 is 5.32 Å². The van der Waals surface area contributed by atoms with Crippen LogP contribution in [-0.4, -0.2) is 11.0 Å². The van der Waals surface area contributed by atoms with E-state index >= 15 is 0 Å². The number of hydrogen-bond donors (Lipinski definition) is 2. The number of aryl methyl sites for hydroxylation is 1. The van der Waals surface area contributed by atoms with Gasteiger partial charge in [-0.15, -0.1) is 0 Å². The lowest BCUT2D eigenvalue weighted by Gasteiger charge is -2.10. The first-order chi connectivity index (χ1) is 8.97. The Morgan fingerprint density at radius 3 is 2.68 bits per heavy atom. The molecular formula is C14H11BrINO2. The van der Waals surface area contributed by atoms with Crippen LogP contribution in [0.1, 0.15) is 15.9 Å². The second kappa shape index (κ2) is 5.92. The van der Waals surface area contributed by atoms with Crippen LogP contribution in [0.15, 0.2) is 40.9 Å². The summed E-state index contributed by atoms with van der Waals surface area (Å²) in [5.74, 6) is -0.369. The fourth-order valence-electron chi connectivity index (χ4n) is 1.65. The van der Waals surface area contributed by atoms with E-state index in [0.29, 0.717) is 0 Å². The lowest BCUT2D eigenvalue weighted by Crippen LogP contribution is -2.13. The fraction of sp³-hybridized carbons (Fsp3) is 0.0714. The molecule has 2 rings (SSSR count). The van der Waals surface area contributed by atoms with E-state index < -0.39 is 0 Å². The average molecular weight is 432 g/mol. The van der Waals surface area contributed by atoms with Crippen LogP contribution in [0, 0.1) is 10.5 Å². The minimum absolute atomic E-state index is 0.0381. The number of carbonyl (C=O) groups is 1. The molecule has 1 amide bonds. The molecule has 0 bridgehead atoms. The Morgan fingerprint density at radius 2 is 2.00 bits per heavy atom. The van der Waals surface area contributed by atoms with Crippen LogP contribution in [0.4, 0.5) is 5.69 Å². The maximum Gasteiger partial charge on any atom is 0.259 e. The van der Waals surface area contributed by atoms with Gasteiger partial charge in [0.05, 0.1) is 5.56 Å². The predicted molar refractivity (Wildman–Crippen MR) is 87.7 cm³/mol. The quantitative estimate of drug-likeness (QED) is 0.695. The highest BCUT2D eigenvalue weighted by Gasteiger charge is 2.12. The van der Waals surface area contributed by atoms with Gasteiger partial charge in [0, 0.05) is 13.7 Å². The lowest BCUT2D eigenvalue weighted by molar-refractivity contribution is 0.102. The van der Waals surface area contributed by atoms with E-state index in [4.69, 9.17) is 0 Å². The molecule has 2 aromatic carbocycles. The first-order valence-electron chi connectivity index (χ1n) is 5.53. The van der Waals surface area contributed by atoms with E-state index in [1.54, 1.807) is 12.1 Å². The molecule has 5 heteroatoms.